The van der Waals surface area contributed by atoms with Crippen molar-refractivity contribution in [3.8, 4) is 5.69 Å². The van der Waals surface area contributed by atoms with Gasteiger partial charge in [0.2, 0.25) is 0 Å². The molecule has 4 rings (SSSR count). The van der Waals surface area contributed by atoms with Crippen molar-refractivity contribution in [2.24, 2.45) is 5.10 Å². The van der Waals surface area contributed by atoms with E-state index in [1.807, 2.05) is 71.3 Å². The monoisotopic (exact) mass is 524 g/mol. The van der Waals surface area contributed by atoms with Crippen LogP contribution < -0.4 is 10.7 Å². The number of nitrogens with one attached hydrogen (secondary N) is 2. The van der Waals surface area contributed by atoms with Crippen LogP contribution in [-0.2, 0) is 11.3 Å². The molecule has 10 heteroatoms. The Labute approximate surface area is 217 Å². The molecule has 35 heavy (non-hydrogen) atoms. The normalized spacial score (nSPS) is 12.0. The van der Waals surface area contributed by atoms with E-state index < -0.39 is 5.25 Å². The molecule has 0 fully saturated rings. The molecule has 178 valence electrons. The van der Waals surface area contributed by atoms with Gasteiger partial charge in [-0.15, -0.1) is 10.2 Å². The van der Waals surface area contributed by atoms with Gasteiger partial charge < -0.3 is 5.32 Å². The molecule has 0 aliphatic carbocycles. The summed E-state index contributed by atoms with van der Waals surface area (Å²) in [7, 11) is 0. The summed E-state index contributed by atoms with van der Waals surface area (Å²) in [6, 6.07) is 24.4. The van der Waals surface area contributed by atoms with Crippen molar-refractivity contribution in [3.05, 3.63) is 100 Å². The van der Waals surface area contributed by atoms with Crippen LogP contribution in [0.5, 0.6) is 0 Å². The average Bonchev–Trinajstić information content (AvgIpc) is 3.27. The van der Waals surface area contributed by atoms with Gasteiger partial charge in [0.25, 0.3) is 5.91 Å². The predicted molar refractivity (Wildman–Crippen MR) is 143 cm³/mol. The molecule has 1 heterocycles. The maximum atomic E-state index is 12.6. The van der Waals surface area contributed by atoms with Gasteiger partial charge in [-0.2, -0.15) is 5.10 Å². The van der Waals surface area contributed by atoms with Gasteiger partial charge in [-0.05, 0) is 61.0 Å². The van der Waals surface area contributed by atoms with Gasteiger partial charge in [-0.3, -0.25) is 9.36 Å². The van der Waals surface area contributed by atoms with Crippen LogP contribution in [0.2, 0.25) is 10.0 Å². The van der Waals surface area contributed by atoms with Crippen LogP contribution in [0.1, 0.15) is 18.3 Å². The predicted octanol–water partition coefficient (Wildman–Crippen LogP) is 5.82. The van der Waals surface area contributed by atoms with E-state index in [-0.39, 0.29) is 5.91 Å². The number of amides is 1. The van der Waals surface area contributed by atoms with Gasteiger partial charge in [0.1, 0.15) is 0 Å². The Kier molecular flexibility index (Phi) is 8.41. The van der Waals surface area contributed by atoms with E-state index in [0.717, 1.165) is 16.9 Å². The molecule has 2 N–H and O–H groups in total. The molecule has 0 saturated carbocycles. The first-order chi connectivity index (χ1) is 17.0. The van der Waals surface area contributed by atoms with E-state index in [0.29, 0.717) is 27.6 Å². The standard InChI is InChI=1S/C25H22Cl2N6OS/c1-17(24(34)31-29-15-18-7-9-19(26)10-8-18)35-25-32-30-23(33(25)22-5-3-2-4-6-22)16-28-21-13-11-20(27)12-14-21/h2-15,17,28H,16H2,1H3,(H,31,34)/b29-15-/t17-/m1/s1. The Morgan fingerprint density at radius 3 is 2.34 bits per heavy atom. The van der Waals surface area contributed by atoms with Gasteiger partial charge in [0, 0.05) is 21.4 Å². The number of hydrogen-bond acceptors (Lipinski definition) is 6. The Balaban J connectivity index is 1.46. The van der Waals surface area contributed by atoms with E-state index in [1.54, 1.807) is 25.3 Å². The molecule has 3 aromatic carbocycles. The Morgan fingerprint density at radius 1 is 1.00 bits per heavy atom. The highest BCUT2D eigenvalue weighted by Crippen LogP contribution is 2.26. The Bertz CT molecular complexity index is 1290. The number of carbonyl (C=O) groups is 1. The van der Waals surface area contributed by atoms with Gasteiger partial charge in [0.15, 0.2) is 11.0 Å². The smallest absolute Gasteiger partial charge is 0.253 e. The van der Waals surface area contributed by atoms with Crippen molar-refractivity contribution in [1.82, 2.24) is 20.2 Å². The second-order valence-corrected chi connectivity index (χ2v) is 9.66. The van der Waals surface area contributed by atoms with Crippen molar-refractivity contribution in [2.45, 2.75) is 23.9 Å². The summed E-state index contributed by atoms with van der Waals surface area (Å²) in [5.74, 6) is 0.464. The van der Waals surface area contributed by atoms with E-state index in [4.69, 9.17) is 23.2 Å². The van der Waals surface area contributed by atoms with Crippen LogP contribution in [0.3, 0.4) is 0 Å². The van der Waals surface area contributed by atoms with Crippen molar-refractivity contribution < 1.29 is 4.79 Å². The fourth-order valence-electron chi connectivity index (χ4n) is 3.10. The molecule has 0 aliphatic rings. The fourth-order valence-corrected chi connectivity index (χ4v) is 4.23. The molecule has 1 atom stereocenters. The highest BCUT2D eigenvalue weighted by Gasteiger charge is 2.21. The third-order valence-corrected chi connectivity index (χ3v) is 6.47. The number of rotatable bonds is 9. The quantitative estimate of drug-likeness (QED) is 0.164. The first kappa shape index (κ1) is 24.8. The number of anilines is 1. The lowest BCUT2D eigenvalue weighted by Crippen LogP contribution is -2.27. The minimum atomic E-state index is -0.457. The number of carbonyl (C=O) groups excluding carboxylic acids is 1. The molecule has 4 aromatic rings. The molecular formula is C25H22Cl2N6OS. The summed E-state index contributed by atoms with van der Waals surface area (Å²) < 4.78 is 1.94. The second-order valence-electron chi connectivity index (χ2n) is 7.48. The van der Waals surface area contributed by atoms with Crippen molar-refractivity contribution in [3.63, 3.8) is 0 Å². The fraction of sp³-hybridized carbons (Fsp3) is 0.120. The number of para-hydroxylation sites is 1. The van der Waals surface area contributed by atoms with E-state index >= 15 is 0 Å². The number of nitrogens with zero attached hydrogens (tertiary/aromatic N) is 4. The van der Waals surface area contributed by atoms with Crippen molar-refractivity contribution >= 4 is 52.8 Å². The zero-order chi connectivity index (χ0) is 24.6. The molecule has 1 aromatic heterocycles. The topological polar surface area (TPSA) is 84.2 Å². The maximum absolute atomic E-state index is 12.6. The SMILES string of the molecule is C[C@@H](Sc1nnc(CNc2ccc(Cl)cc2)n1-c1ccccc1)C(=O)N/N=C\c1ccc(Cl)cc1. The van der Waals surface area contributed by atoms with Crippen molar-refractivity contribution in [1.29, 1.82) is 0 Å². The molecule has 0 bridgehead atoms. The molecule has 0 spiro atoms. The summed E-state index contributed by atoms with van der Waals surface area (Å²) >= 11 is 13.2. The first-order valence-corrected chi connectivity index (χ1v) is 12.4. The van der Waals surface area contributed by atoms with Crippen LogP contribution in [0.25, 0.3) is 5.69 Å². The average molecular weight is 525 g/mol. The molecule has 0 aliphatic heterocycles. The number of aromatic nitrogens is 3. The second kappa shape index (κ2) is 11.9. The van der Waals surface area contributed by atoms with Crippen LogP contribution in [0.4, 0.5) is 5.69 Å². The highest BCUT2D eigenvalue weighted by atomic mass is 35.5. The molecule has 0 radical (unpaired) electrons. The molecule has 0 unspecified atom stereocenters. The lowest BCUT2D eigenvalue weighted by Gasteiger charge is -2.13. The lowest BCUT2D eigenvalue weighted by atomic mass is 10.2. The van der Waals surface area contributed by atoms with Crippen LogP contribution in [-0.4, -0.2) is 32.1 Å². The lowest BCUT2D eigenvalue weighted by molar-refractivity contribution is -0.120. The van der Waals surface area contributed by atoms with Gasteiger partial charge in [-0.1, -0.05) is 65.3 Å². The van der Waals surface area contributed by atoms with Gasteiger partial charge in [-0.25, -0.2) is 5.43 Å². The van der Waals surface area contributed by atoms with Gasteiger partial charge >= 0.3 is 0 Å². The number of benzene rings is 3. The first-order valence-electron chi connectivity index (χ1n) is 10.7. The molecule has 7 nitrogen and oxygen atoms in total. The van der Waals surface area contributed by atoms with Crippen molar-refractivity contribution in [2.75, 3.05) is 5.32 Å². The Hall–Kier alpha value is -3.33. The summed E-state index contributed by atoms with van der Waals surface area (Å²) in [4.78, 5) is 12.6. The maximum Gasteiger partial charge on any atom is 0.253 e. The number of thioether (sulfide) groups is 1. The minimum absolute atomic E-state index is 0.247. The number of hydrazone groups is 1. The third kappa shape index (κ3) is 6.85. The van der Waals surface area contributed by atoms with Gasteiger partial charge in [0.05, 0.1) is 18.0 Å². The zero-order valence-electron chi connectivity index (χ0n) is 18.7. The summed E-state index contributed by atoms with van der Waals surface area (Å²) in [6.45, 7) is 2.24. The van der Waals surface area contributed by atoms with E-state index in [2.05, 4.69) is 26.0 Å². The number of hydrogen-bond donors (Lipinski definition) is 2. The number of halogens is 2. The Morgan fingerprint density at radius 2 is 1.66 bits per heavy atom. The zero-order valence-corrected chi connectivity index (χ0v) is 21.1. The molecule has 1 amide bonds. The van der Waals surface area contributed by atoms with E-state index in [9.17, 15) is 4.79 Å². The summed E-state index contributed by atoms with van der Waals surface area (Å²) in [5.41, 5.74) is 5.23. The highest BCUT2D eigenvalue weighted by molar-refractivity contribution is 8.00. The minimum Gasteiger partial charge on any atom is -0.378 e. The van der Waals surface area contributed by atoms with Crippen LogP contribution in [0, 0.1) is 0 Å². The largest absolute Gasteiger partial charge is 0.378 e. The summed E-state index contributed by atoms with van der Waals surface area (Å²) in [6.07, 6.45) is 1.57. The van der Waals surface area contributed by atoms with Crippen LogP contribution >= 0.6 is 35.0 Å². The summed E-state index contributed by atoms with van der Waals surface area (Å²) in [5, 5.41) is 17.6. The third-order valence-electron chi connectivity index (χ3n) is 4.92. The van der Waals surface area contributed by atoms with Crippen LogP contribution in [0.15, 0.2) is 89.1 Å². The van der Waals surface area contributed by atoms with E-state index in [1.165, 1.54) is 11.8 Å². The molecule has 0 saturated heterocycles. The molecular weight excluding hydrogens is 503 g/mol.